The van der Waals surface area contributed by atoms with Crippen molar-refractivity contribution in [3.63, 3.8) is 0 Å². The summed E-state index contributed by atoms with van der Waals surface area (Å²) >= 11 is 1.33. The van der Waals surface area contributed by atoms with Crippen LogP contribution in [0.2, 0.25) is 0 Å². The molecule has 2 amide bonds. The Balaban J connectivity index is 1.75. The standard InChI is InChI=1S/C19H25N3O3S/c1-3-10-22(14-6-8-20-9-7-14)19(24)17-13(2)12-16(26-17)21-18(23)15-5-4-11-25-15/h4-5,11-12,14,20H,3,6-10H2,1-2H3,(H,21,23). The number of hydrogen-bond donors (Lipinski definition) is 2. The molecule has 1 aliphatic heterocycles. The number of carbonyl (C=O) groups excluding carboxylic acids is 2. The lowest BCUT2D eigenvalue weighted by molar-refractivity contribution is 0.0647. The van der Waals surface area contributed by atoms with Crippen molar-refractivity contribution in [3.8, 4) is 0 Å². The Kier molecular flexibility index (Phi) is 6.11. The van der Waals surface area contributed by atoms with E-state index in [9.17, 15) is 9.59 Å². The Hall–Kier alpha value is -2.12. The maximum Gasteiger partial charge on any atom is 0.291 e. The molecule has 0 unspecified atom stereocenters. The maximum absolute atomic E-state index is 13.2. The van der Waals surface area contributed by atoms with Gasteiger partial charge in [-0.1, -0.05) is 6.92 Å². The SMILES string of the molecule is CCCN(C(=O)c1sc(NC(=O)c2ccco2)cc1C)C1CCNCC1. The Morgan fingerprint density at radius 1 is 1.38 bits per heavy atom. The van der Waals surface area contributed by atoms with Gasteiger partial charge in [-0.3, -0.25) is 9.59 Å². The monoisotopic (exact) mass is 375 g/mol. The van der Waals surface area contributed by atoms with Crippen molar-refractivity contribution >= 4 is 28.2 Å². The summed E-state index contributed by atoms with van der Waals surface area (Å²) < 4.78 is 5.11. The first-order chi connectivity index (χ1) is 12.6. The predicted molar refractivity (Wildman–Crippen MR) is 103 cm³/mol. The van der Waals surface area contributed by atoms with E-state index in [-0.39, 0.29) is 23.6 Å². The highest BCUT2D eigenvalue weighted by Gasteiger charge is 2.28. The summed E-state index contributed by atoms with van der Waals surface area (Å²) in [5.74, 6) is 0.0185. The van der Waals surface area contributed by atoms with E-state index in [4.69, 9.17) is 4.42 Å². The highest BCUT2D eigenvalue weighted by Crippen LogP contribution is 2.29. The van der Waals surface area contributed by atoms with Gasteiger partial charge < -0.3 is 20.0 Å². The Labute approximate surface area is 157 Å². The molecule has 7 heteroatoms. The van der Waals surface area contributed by atoms with E-state index in [1.807, 2.05) is 17.9 Å². The number of amides is 2. The summed E-state index contributed by atoms with van der Waals surface area (Å²) in [5, 5.41) is 6.83. The number of furan rings is 1. The number of aryl methyl sites for hydroxylation is 1. The van der Waals surface area contributed by atoms with Gasteiger partial charge in [-0.2, -0.15) is 0 Å². The van der Waals surface area contributed by atoms with Crippen molar-refractivity contribution in [2.75, 3.05) is 25.0 Å². The van der Waals surface area contributed by atoms with Gasteiger partial charge in [0.1, 0.15) is 0 Å². The van der Waals surface area contributed by atoms with Gasteiger partial charge in [0.15, 0.2) is 5.76 Å². The van der Waals surface area contributed by atoms with Gasteiger partial charge in [-0.05, 0) is 63.0 Å². The molecule has 0 saturated carbocycles. The Morgan fingerprint density at radius 3 is 2.81 bits per heavy atom. The second-order valence-electron chi connectivity index (χ2n) is 6.53. The number of rotatable bonds is 6. The van der Waals surface area contributed by atoms with Crippen molar-refractivity contribution in [2.45, 2.75) is 39.2 Å². The van der Waals surface area contributed by atoms with E-state index in [2.05, 4.69) is 17.6 Å². The minimum atomic E-state index is -0.306. The van der Waals surface area contributed by atoms with Crippen LogP contribution in [0.3, 0.4) is 0 Å². The molecule has 0 aromatic carbocycles. The largest absolute Gasteiger partial charge is 0.459 e. The van der Waals surface area contributed by atoms with Gasteiger partial charge in [0, 0.05) is 12.6 Å². The van der Waals surface area contributed by atoms with Gasteiger partial charge >= 0.3 is 0 Å². The lowest BCUT2D eigenvalue weighted by Gasteiger charge is -2.34. The third-order valence-electron chi connectivity index (χ3n) is 4.57. The number of anilines is 1. The number of nitrogens with one attached hydrogen (secondary N) is 2. The van der Waals surface area contributed by atoms with Crippen molar-refractivity contribution in [1.82, 2.24) is 10.2 Å². The molecule has 1 saturated heterocycles. The van der Waals surface area contributed by atoms with Crippen molar-refractivity contribution in [1.29, 1.82) is 0 Å². The molecule has 0 atom stereocenters. The van der Waals surface area contributed by atoms with Gasteiger partial charge in [-0.25, -0.2) is 0 Å². The van der Waals surface area contributed by atoms with Crippen molar-refractivity contribution in [2.24, 2.45) is 0 Å². The van der Waals surface area contributed by atoms with E-state index in [0.717, 1.165) is 44.5 Å². The quantitative estimate of drug-likeness (QED) is 0.810. The zero-order valence-corrected chi connectivity index (χ0v) is 16.0. The molecule has 0 bridgehead atoms. The molecule has 140 valence electrons. The van der Waals surface area contributed by atoms with Crippen molar-refractivity contribution in [3.05, 3.63) is 40.7 Å². The number of carbonyl (C=O) groups is 2. The van der Waals surface area contributed by atoms with Crippen LogP contribution < -0.4 is 10.6 Å². The van der Waals surface area contributed by atoms with Crippen LogP contribution in [0.15, 0.2) is 28.9 Å². The fourth-order valence-electron chi connectivity index (χ4n) is 3.28. The first kappa shape index (κ1) is 18.7. The zero-order valence-electron chi connectivity index (χ0n) is 15.2. The van der Waals surface area contributed by atoms with Crippen LogP contribution in [-0.4, -0.2) is 42.4 Å². The third kappa shape index (κ3) is 4.16. The molecule has 0 radical (unpaired) electrons. The van der Waals surface area contributed by atoms with Gasteiger partial charge in [-0.15, -0.1) is 11.3 Å². The van der Waals surface area contributed by atoms with E-state index >= 15 is 0 Å². The average Bonchev–Trinajstić information content (AvgIpc) is 3.30. The molecule has 3 heterocycles. The third-order valence-corrected chi connectivity index (χ3v) is 5.71. The minimum absolute atomic E-state index is 0.0692. The molecule has 0 spiro atoms. The lowest BCUT2D eigenvalue weighted by Crippen LogP contribution is -2.46. The summed E-state index contributed by atoms with van der Waals surface area (Å²) in [5.41, 5.74) is 0.893. The highest BCUT2D eigenvalue weighted by molar-refractivity contribution is 7.18. The van der Waals surface area contributed by atoms with Crippen LogP contribution in [0, 0.1) is 6.92 Å². The maximum atomic E-state index is 13.2. The predicted octanol–water partition coefficient (Wildman–Crippen LogP) is 3.51. The Bertz CT molecular complexity index is 748. The number of piperidine rings is 1. The minimum Gasteiger partial charge on any atom is -0.459 e. The smallest absolute Gasteiger partial charge is 0.291 e. The second kappa shape index (κ2) is 8.51. The molecule has 1 fully saturated rings. The fraction of sp³-hybridized carbons (Fsp3) is 0.474. The zero-order chi connectivity index (χ0) is 18.5. The summed E-state index contributed by atoms with van der Waals surface area (Å²) in [6.45, 7) is 6.67. The molecule has 2 aromatic heterocycles. The van der Waals surface area contributed by atoms with Gasteiger partial charge in [0.2, 0.25) is 0 Å². The van der Waals surface area contributed by atoms with Crippen LogP contribution >= 0.6 is 11.3 Å². The normalized spacial score (nSPS) is 15.0. The molecule has 2 aromatic rings. The van der Waals surface area contributed by atoms with Crippen molar-refractivity contribution < 1.29 is 14.0 Å². The molecular formula is C19H25N3O3S. The number of hydrogen-bond acceptors (Lipinski definition) is 5. The van der Waals surface area contributed by atoms with Gasteiger partial charge in [0.25, 0.3) is 11.8 Å². The molecule has 0 aliphatic carbocycles. The molecule has 6 nitrogen and oxygen atoms in total. The van der Waals surface area contributed by atoms with Crippen LogP contribution in [0.1, 0.15) is 52.0 Å². The Morgan fingerprint density at radius 2 is 2.15 bits per heavy atom. The molecular weight excluding hydrogens is 350 g/mol. The first-order valence-electron chi connectivity index (χ1n) is 9.07. The molecule has 26 heavy (non-hydrogen) atoms. The average molecular weight is 375 g/mol. The van der Waals surface area contributed by atoms with E-state index in [1.54, 1.807) is 12.1 Å². The first-order valence-corrected chi connectivity index (χ1v) is 9.88. The molecule has 1 aliphatic rings. The van der Waals surface area contributed by atoms with Crippen LogP contribution in [-0.2, 0) is 0 Å². The lowest BCUT2D eigenvalue weighted by atomic mass is 10.0. The topological polar surface area (TPSA) is 74.6 Å². The van der Waals surface area contributed by atoms with Crippen LogP contribution in [0.5, 0.6) is 0 Å². The summed E-state index contributed by atoms with van der Waals surface area (Å²) in [7, 11) is 0. The number of thiophene rings is 1. The summed E-state index contributed by atoms with van der Waals surface area (Å²) in [4.78, 5) is 28.0. The molecule has 3 rings (SSSR count). The highest BCUT2D eigenvalue weighted by atomic mass is 32.1. The summed E-state index contributed by atoms with van der Waals surface area (Å²) in [6.07, 6.45) is 4.36. The van der Waals surface area contributed by atoms with Crippen LogP contribution in [0.25, 0.3) is 0 Å². The van der Waals surface area contributed by atoms with E-state index < -0.39 is 0 Å². The van der Waals surface area contributed by atoms with E-state index in [0.29, 0.717) is 9.88 Å². The summed E-state index contributed by atoms with van der Waals surface area (Å²) in [6, 6.07) is 5.42. The second-order valence-corrected chi connectivity index (χ2v) is 7.59. The van der Waals surface area contributed by atoms with Crippen LogP contribution in [0.4, 0.5) is 5.00 Å². The fourth-order valence-corrected chi connectivity index (χ4v) is 4.30. The molecule has 2 N–H and O–H groups in total. The van der Waals surface area contributed by atoms with E-state index in [1.165, 1.54) is 17.6 Å². The van der Waals surface area contributed by atoms with Gasteiger partial charge in [0.05, 0.1) is 16.1 Å². The number of nitrogens with zero attached hydrogens (tertiary/aromatic N) is 1.